The van der Waals surface area contributed by atoms with Crippen LogP contribution in [0.1, 0.15) is 42.6 Å². The molecule has 0 unspecified atom stereocenters. The summed E-state index contributed by atoms with van der Waals surface area (Å²) in [5, 5.41) is 0. The van der Waals surface area contributed by atoms with E-state index in [1.54, 1.807) is 0 Å². The minimum atomic E-state index is 0.179. The lowest BCUT2D eigenvalue weighted by atomic mass is 9.96. The molecule has 0 bridgehead atoms. The van der Waals surface area contributed by atoms with Crippen molar-refractivity contribution in [1.29, 1.82) is 0 Å². The molecule has 0 radical (unpaired) electrons. The number of oxazole rings is 1. The lowest BCUT2D eigenvalue weighted by Crippen LogP contribution is -2.39. The molecule has 2 aliphatic rings. The number of carbonyl (C=O) groups excluding carboxylic acids is 1. The van der Waals surface area contributed by atoms with Crippen LogP contribution in [0.2, 0.25) is 0 Å². The fraction of sp³-hybridized carbons (Fsp3) is 0.364. The molecule has 0 spiro atoms. The van der Waals surface area contributed by atoms with Crippen molar-refractivity contribution in [3.8, 4) is 0 Å². The van der Waals surface area contributed by atoms with Gasteiger partial charge in [-0.3, -0.25) is 4.79 Å². The van der Waals surface area contributed by atoms with E-state index in [2.05, 4.69) is 29.2 Å². The van der Waals surface area contributed by atoms with E-state index in [9.17, 15) is 4.79 Å². The van der Waals surface area contributed by atoms with Gasteiger partial charge in [0.25, 0.3) is 0 Å². The Morgan fingerprint density at radius 2 is 1.73 bits per heavy atom. The summed E-state index contributed by atoms with van der Waals surface area (Å²) in [4.78, 5) is 19.5. The third-order valence-electron chi connectivity index (χ3n) is 5.80. The molecule has 4 heteroatoms. The van der Waals surface area contributed by atoms with Crippen LogP contribution in [0.15, 0.2) is 59.0 Å². The lowest BCUT2D eigenvalue weighted by molar-refractivity contribution is -0.133. The summed E-state index contributed by atoms with van der Waals surface area (Å²) < 4.78 is 5.92. The standard InChI is InChI=1S/C22H22N2O2/c25-22(18-14-17(18)15-6-2-1-3-7-15)24-12-10-16(11-13-24)21-23-19-8-4-5-9-20(19)26-21/h1-9,16-18H,10-14H2/t17-,18+/m1/s1. The number of hydrogen-bond acceptors (Lipinski definition) is 3. The molecule has 2 fully saturated rings. The van der Waals surface area contributed by atoms with E-state index < -0.39 is 0 Å². The van der Waals surface area contributed by atoms with Crippen molar-refractivity contribution in [1.82, 2.24) is 9.88 Å². The predicted molar refractivity (Wildman–Crippen MR) is 99.9 cm³/mol. The average molecular weight is 346 g/mol. The highest BCUT2D eigenvalue weighted by molar-refractivity contribution is 5.83. The largest absolute Gasteiger partial charge is 0.440 e. The minimum absolute atomic E-state index is 0.179. The number of para-hydroxylation sites is 2. The van der Waals surface area contributed by atoms with Crippen LogP contribution in [0, 0.1) is 5.92 Å². The van der Waals surface area contributed by atoms with E-state index in [1.165, 1.54) is 5.56 Å². The first-order chi connectivity index (χ1) is 12.8. The maximum Gasteiger partial charge on any atom is 0.226 e. The summed E-state index contributed by atoms with van der Waals surface area (Å²) in [5.74, 6) is 2.06. The summed E-state index contributed by atoms with van der Waals surface area (Å²) in [6, 6.07) is 18.3. The van der Waals surface area contributed by atoms with Crippen molar-refractivity contribution < 1.29 is 9.21 Å². The maximum absolute atomic E-state index is 12.8. The molecule has 1 saturated heterocycles. The van der Waals surface area contributed by atoms with E-state index in [4.69, 9.17) is 4.42 Å². The van der Waals surface area contributed by atoms with Crippen LogP contribution in [0.25, 0.3) is 11.1 Å². The average Bonchev–Trinajstić information content (AvgIpc) is 3.39. The van der Waals surface area contributed by atoms with E-state index in [1.807, 2.05) is 35.2 Å². The molecule has 1 aromatic heterocycles. The second kappa shape index (κ2) is 6.27. The van der Waals surface area contributed by atoms with Crippen LogP contribution in [0.3, 0.4) is 0 Å². The highest BCUT2D eigenvalue weighted by Crippen LogP contribution is 2.48. The van der Waals surface area contributed by atoms with Gasteiger partial charge in [-0.1, -0.05) is 42.5 Å². The van der Waals surface area contributed by atoms with Gasteiger partial charge >= 0.3 is 0 Å². The number of piperidine rings is 1. The zero-order chi connectivity index (χ0) is 17.5. The number of carbonyl (C=O) groups is 1. The van der Waals surface area contributed by atoms with Gasteiger partial charge in [0.15, 0.2) is 11.5 Å². The Labute approximate surface area is 152 Å². The smallest absolute Gasteiger partial charge is 0.226 e. The summed E-state index contributed by atoms with van der Waals surface area (Å²) in [5.41, 5.74) is 3.07. The molecule has 2 atom stereocenters. The highest BCUT2D eigenvalue weighted by atomic mass is 16.3. The van der Waals surface area contributed by atoms with Crippen molar-refractivity contribution in [3.63, 3.8) is 0 Å². The zero-order valence-corrected chi connectivity index (χ0v) is 14.7. The third-order valence-corrected chi connectivity index (χ3v) is 5.80. The van der Waals surface area contributed by atoms with Gasteiger partial charge in [-0.05, 0) is 42.9 Å². The lowest BCUT2D eigenvalue weighted by Gasteiger charge is -2.31. The predicted octanol–water partition coefficient (Wildman–Crippen LogP) is 4.34. The molecule has 3 aromatic rings. The van der Waals surface area contributed by atoms with Gasteiger partial charge in [-0.15, -0.1) is 0 Å². The van der Waals surface area contributed by atoms with Gasteiger partial charge in [0, 0.05) is 24.9 Å². The summed E-state index contributed by atoms with van der Waals surface area (Å²) in [6.45, 7) is 1.61. The Morgan fingerprint density at radius 1 is 1.00 bits per heavy atom. The molecular formula is C22H22N2O2. The topological polar surface area (TPSA) is 46.3 Å². The van der Waals surface area contributed by atoms with E-state index >= 15 is 0 Å². The van der Waals surface area contributed by atoms with E-state index in [-0.39, 0.29) is 5.92 Å². The first-order valence-electron chi connectivity index (χ1n) is 9.49. The molecule has 0 N–H and O–H groups in total. The van der Waals surface area contributed by atoms with Gasteiger partial charge in [-0.25, -0.2) is 4.98 Å². The molecule has 1 aliphatic carbocycles. The minimum Gasteiger partial charge on any atom is -0.440 e. The van der Waals surface area contributed by atoms with Crippen LogP contribution in [0.4, 0.5) is 0 Å². The van der Waals surface area contributed by atoms with Crippen molar-refractivity contribution in [2.45, 2.75) is 31.1 Å². The molecule has 132 valence electrons. The van der Waals surface area contributed by atoms with E-state index in [0.717, 1.165) is 49.3 Å². The first kappa shape index (κ1) is 15.6. The fourth-order valence-electron chi connectivity index (χ4n) is 4.18. The van der Waals surface area contributed by atoms with Gasteiger partial charge in [0.2, 0.25) is 5.91 Å². The van der Waals surface area contributed by atoms with Crippen molar-refractivity contribution in [3.05, 3.63) is 66.1 Å². The number of amides is 1. The molecule has 1 aliphatic heterocycles. The van der Waals surface area contributed by atoms with Crippen molar-refractivity contribution in [2.24, 2.45) is 5.92 Å². The Hall–Kier alpha value is -2.62. The normalized spacial score (nSPS) is 23.3. The van der Waals surface area contributed by atoms with Gasteiger partial charge in [-0.2, -0.15) is 0 Å². The molecule has 1 saturated carbocycles. The second-order valence-corrected chi connectivity index (χ2v) is 7.48. The second-order valence-electron chi connectivity index (χ2n) is 7.48. The van der Waals surface area contributed by atoms with Crippen LogP contribution < -0.4 is 0 Å². The Balaban J connectivity index is 1.21. The van der Waals surface area contributed by atoms with Gasteiger partial charge in [0.1, 0.15) is 5.52 Å². The molecule has 26 heavy (non-hydrogen) atoms. The van der Waals surface area contributed by atoms with Gasteiger partial charge in [0.05, 0.1) is 0 Å². The van der Waals surface area contributed by atoms with Crippen LogP contribution in [-0.4, -0.2) is 28.9 Å². The Morgan fingerprint density at radius 3 is 2.50 bits per heavy atom. The summed E-state index contributed by atoms with van der Waals surface area (Å²) >= 11 is 0. The first-order valence-corrected chi connectivity index (χ1v) is 9.49. The SMILES string of the molecule is O=C([C@H]1C[C@@H]1c1ccccc1)N1CCC(c2nc3ccccc3o2)CC1. The van der Waals surface area contributed by atoms with Crippen molar-refractivity contribution in [2.75, 3.05) is 13.1 Å². The van der Waals surface area contributed by atoms with Crippen LogP contribution >= 0.6 is 0 Å². The molecule has 4 nitrogen and oxygen atoms in total. The molecule has 2 heterocycles. The summed E-state index contributed by atoms with van der Waals surface area (Å²) in [6.07, 6.45) is 2.86. The van der Waals surface area contributed by atoms with Crippen LogP contribution in [0.5, 0.6) is 0 Å². The Kier molecular flexibility index (Phi) is 3.77. The van der Waals surface area contributed by atoms with Gasteiger partial charge < -0.3 is 9.32 Å². The number of rotatable bonds is 3. The third kappa shape index (κ3) is 2.79. The maximum atomic E-state index is 12.8. The monoisotopic (exact) mass is 346 g/mol. The molecule has 5 rings (SSSR count). The Bertz CT molecular complexity index is 892. The van der Waals surface area contributed by atoms with E-state index in [0.29, 0.717) is 17.7 Å². The number of benzene rings is 2. The molecular weight excluding hydrogens is 324 g/mol. The number of likely N-dealkylation sites (tertiary alicyclic amines) is 1. The quantitative estimate of drug-likeness (QED) is 0.709. The van der Waals surface area contributed by atoms with Crippen LogP contribution in [-0.2, 0) is 4.79 Å². The number of fused-ring (bicyclic) bond motifs is 1. The summed E-state index contributed by atoms with van der Waals surface area (Å²) in [7, 11) is 0. The number of hydrogen-bond donors (Lipinski definition) is 0. The highest BCUT2D eigenvalue weighted by Gasteiger charge is 2.46. The number of nitrogens with zero attached hydrogens (tertiary/aromatic N) is 2. The molecule has 2 aromatic carbocycles. The fourth-order valence-corrected chi connectivity index (χ4v) is 4.18. The van der Waals surface area contributed by atoms with Crippen molar-refractivity contribution >= 4 is 17.0 Å². The number of aromatic nitrogens is 1. The zero-order valence-electron chi connectivity index (χ0n) is 14.7. The molecule has 1 amide bonds.